The van der Waals surface area contributed by atoms with Gasteiger partial charge in [-0.2, -0.15) is 0 Å². The molecular formula is C21H28ClN3OS. The molecule has 0 saturated carbocycles. The van der Waals surface area contributed by atoms with Crippen LogP contribution in [0.1, 0.15) is 18.4 Å². The summed E-state index contributed by atoms with van der Waals surface area (Å²) >= 11 is 1.69. The number of hydrogen-bond acceptors (Lipinski definition) is 4. The molecule has 1 saturated heterocycles. The van der Waals surface area contributed by atoms with Gasteiger partial charge in [0.1, 0.15) is 0 Å². The Bertz CT molecular complexity index is 726. The Hall–Kier alpha value is -1.53. The van der Waals surface area contributed by atoms with Crippen molar-refractivity contribution in [2.24, 2.45) is 11.7 Å². The highest BCUT2D eigenvalue weighted by molar-refractivity contribution is 7.98. The van der Waals surface area contributed by atoms with Gasteiger partial charge in [-0.3, -0.25) is 9.69 Å². The second-order valence-electron chi connectivity index (χ2n) is 6.86. The zero-order valence-corrected chi connectivity index (χ0v) is 17.4. The maximum atomic E-state index is 12.7. The Morgan fingerprint density at radius 1 is 1.19 bits per heavy atom. The Labute approximate surface area is 172 Å². The number of hydrogen-bond donors (Lipinski definition) is 2. The minimum Gasteiger partial charge on any atom is -0.330 e. The van der Waals surface area contributed by atoms with Crippen LogP contribution in [0.2, 0.25) is 0 Å². The van der Waals surface area contributed by atoms with E-state index in [9.17, 15) is 4.79 Å². The number of carbonyl (C=O) groups excluding carboxylic acids is 1. The average Bonchev–Trinajstić information content (AvgIpc) is 3.13. The van der Waals surface area contributed by atoms with Crippen molar-refractivity contribution in [3.8, 4) is 0 Å². The summed E-state index contributed by atoms with van der Waals surface area (Å²) in [5.74, 6) is 0.803. The van der Waals surface area contributed by atoms with Crippen molar-refractivity contribution < 1.29 is 4.79 Å². The van der Waals surface area contributed by atoms with E-state index in [1.54, 1.807) is 11.8 Å². The molecule has 6 heteroatoms. The average molecular weight is 406 g/mol. The molecule has 27 heavy (non-hydrogen) atoms. The van der Waals surface area contributed by atoms with Crippen LogP contribution in [0.15, 0.2) is 59.5 Å². The summed E-state index contributed by atoms with van der Waals surface area (Å²) in [6.45, 7) is 4.34. The van der Waals surface area contributed by atoms with Gasteiger partial charge in [0.15, 0.2) is 0 Å². The molecule has 1 aliphatic rings. The fourth-order valence-electron chi connectivity index (χ4n) is 3.62. The molecule has 1 amide bonds. The van der Waals surface area contributed by atoms with Crippen molar-refractivity contribution in [2.45, 2.75) is 23.8 Å². The number of likely N-dealkylation sites (tertiary alicyclic amines) is 1. The molecule has 0 radical (unpaired) electrons. The lowest BCUT2D eigenvalue weighted by molar-refractivity contribution is -0.120. The maximum absolute atomic E-state index is 12.7. The van der Waals surface area contributed by atoms with Crippen LogP contribution in [-0.4, -0.2) is 42.7 Å². The van der Waals surface area contributed by atoms with Crippen LogP contribution in [0, 0.1) is 5.92 Å². The van der Waals surface area contributed by atoms with Gasteiger partial charge in [-0.1, -0.05) is 30.3 Å². The largest absolute Gasteiger partial charge is 0.330 e. The number of carbonyl (C=O) groups is 1. The minimum atomic E-state index is -0.182. The molecule has 0 bridgehead atoms. The van der Waals surface area contributed by atoms with Crippen LogP contribution in [0.3, 0.4) is 0 Å². The first kappa shape index (κ1) is 21.8. The van der Waals surface area contributed by atoms with E-state index in [4.69, 9.17) is 5.73 Å². The normalized spacial score (nSPS) is 20.7. The van der Waals surface area contributed by atoms with E-state index in [2.05, 4.69) is 34.5 Å². The van der Waals surface area contributed by atoms with Crippen LogP contribution < -0.4 is 11.1 Å². The Morgan fingerprint density at radius 2 is 1.85 bits per heavy atom. The maximum Gasteiger partial charge on any atom is 0.241 e. The molecule has 1 unspecified atom stereocenters. The van der Waals surface area contributed by atoms with E-state index in [0.717, 1.165) is 18.8 Å². The van der Waals surface area contributed by atoms with Gasteiger partial charge in [0.2, 0.25) is 5.91 Å². The molecule has 0 spiro atoms. The molecule has 4 nitrogen and oxygen atoms in total. The summed E-state index contributed by atoms with van der Waals surface area (Å²) in [6.07, 6.45) is 2.04. The quantitative estimate of drug-likeness (QED) is 0.717. The van der Waals surface area contributed by atoms with Crippen LogP contribution in [0.5, 0.6) is 0 Å². The Morgan fingerprint density at radius 3 is 2.44 bits per heavy atom. The molecule has 3 N–H and O–H groups in total. The molecule has 2 aromatic rings. The van der Waals surface area contributed by atoms with Crippen molar-refractivity contribution in [2.75, 3.05) is 31.2 Å². The van der Waals surface area contributed by atoms with E-state index < -0.39 is 0 Å². The number of halogens is 1. The second-order valence-corrected chi connectivity index (χ2v) is 7.74. The van der Waals surface area contributed by atoms with Gasteiger partial charge in [0, 0.05) is 29.6 Å². The van der Waals surface area contributed by atoms with Crippen LogP contribution >= 0.6 is 24.2 Å². The van der Waals surface area contributed by atoms with Crippen molar-refractivity contribution in [1.82, 2.24) is 4.90 Å². The number of amides is 1. The summed E-state index contributed by atoms with van der Waals surface area (Å²) in [5, 5.41) is 3.04. The lowest BCUT2D eigenvalue weighted by atomic mass is 9.89. The summed E-state index contributed by atoms with van der Waals surface area (Å²) in [5.41, 5.74) is 8.17. The summed E-state index contributed by atoms with van der Waals surface area (Å²) in [7, 11) is 0. The van der Waals surface area contributed by atoms with Gasteiger partial charge in [0.25, 0.3) is 0 Å². The molecule has 3 rings (SSSR count). The molecule has 0 aliphatic carbocycles. The zero-order chi connectivity index (χ0) is 18.5. The third-order valence-corrected chi connectivity index (χ3v) is 6.03. The molecular weight excluding hydrogens is 378 g/mol. The molecule has 1 heterocycles. The topological polar surface area (TPSA) is 58.4 Å². The zero-order valence-electron chi connectivity index (χ0n) is 15.8. The first-order valence-corrected chi connectivity index (χ1v) is 10.3. The van der Waals surface area contributed by atoms with Gasteiger partial charge >= 0.3 is 0 Å². The highest BCUT2D eigenvalue weighted by atomic mass is 35.5. The van der Waals surface area contributed by atoms with Gasteiger partial charge in [0.05, 0.1) is 6.04 Å². The van der Waals surface area contributed by atoms with E-state index >= 15 is 0 Å². The molecule has 146 valence electrons. The van der Waals surface area contributed by atoms with Gasteiger partial charge < -0.3 is 11.1 Å². The second kappa shape index (κ2) is 10.1. The minimum absolute atomic E-state index is 0. The Balaban J connectivity index is 0.00000261. The van der Waals surface area contributed by atoms with E-state index in [1.165, 1.54) is 10.5 Å². The van der Waals surface area contributed by atoms with E-state index in [0.29, 0.717) is 18.4 Å². The van der Waals surface area contributed by atoms with Crippen molar-refractivity contribution in [1.29, 1.82) is 0 Å². The third-order valence-electron chi connectivity index (χ3n) is 5.28. The number of thioether (sulfide) groups is 1. The first-order valence-electron chi connectivity index (χ1n) is 9.06. The lowest BCUT2D eigenvalue weighted by Crippen LogP contribution is -2.41. The summed E-state index contributed by atoms with van der Waals surface area (Å²) in [4.78, 5) is 16.1. The monoisotopic (exact) mass is 405 g/mol. The van der Waals surface area contributed by atoms with Gasteiger partial charge in [-0.15, -0.1) is 24.2 Å². The highest BCUT2D eigenvalue weighted by Gasteiger charge is 2.36. The van der Waals surface area contributed by atoms with E-state index in [1.807, 2.05) is 43.5 Å². The molecule has 1 fully saturated rings. The lowest BCUT2D eigenvalue weighted by Gasteiger charge is -2.23. The standard InChI is InChI=1S/C21H27N3OS.ClH/c1-15(21(25)23-18-8-10-19(26-2)11-9-18)24-13-17(12-22)20(14-24)16-6-4-3-5-7-16;/h3-11,15,17,20H,12-14,22H2,1-2H3,(H,23,25);1H/t15?,17-,20+;/m1./s1. The first-order chi connectivity index (χ1) is 12.6. The number of nitrogens with one attached hydrogen (secondary N) is 1. The van der Waals surface area contributed by atoms with Crippen molar-refractivity contribution in [3.63, 3.8) is 0 Å². The predicted molar refractivity (Wildman–Crippen MR) is 117 cm³/mol. The fraction of sp³-hybridized carbons (Fsp3) is 0.381. The van der Waals surface area contributed by atoms with Crippen LogP contribution in [-0.2, 0) is 4.79 Å². The third kappa shape index (κ3) is 5.26. The Kier molecular flexibility index (Phi) is 8.17. The predicted octanol–water partition coefficient (Wildman–Crippen LogP) is 3.83. The number of nitrogens with zero attached hydrogens (tertiary/aromatic N) is 1. The number of rotatable bonds is 6. The number of benzene rings is 2. The van der Waals surface area contributed by atoms with Gasteiger partial charge in [-0.05, 0) is 55.5 Å². The summed E-state index contributed by atoms with van der Waals surface area (Å²) in [6, 6.07) is 18.3. The molecule has 0 aromatic heterocycles. The smallest absolute Gasteiger partial charge is 0.241 e. The van der Waals surface area contributed by atoms with Crippen molar-refractivity contribution >= 4 is 35.8 Å². The molecule has 1 aliphatic heterocycles. The van der Waals surface area contributed by atoms with E-state index in [-0.39, 0.29) is 24.4 Å². The number of anilines is 1. The summed E-state index contributed by atoms with van der Waals surface area (Å²) < 4.78 is 0. The van der Waals surface area contributed by atoms with Crippen LogP contribution in [0.25, 0.3) is 0 Å². The van der Waals surface area contributed by atoms with Crippen molar-refractivity contribution in [3.05, 3.63) is 60.2 Å². The van der Waals surface area contributed by atoms with Crippen LogP contribution in [0.4, 0.5) is 5.69 Å². The van der Waals surface area contributed by atoms with Gasteiger partial charge in [-0.25, -0.2) is 0 Å². The SMILES string of the molecule is CSc1ccc(NC(=O)C(C)N2C[C@@H](CN)[C@H](c3ccccc3)C2)cc1.Cl. The number of nitrogens with two attached hydrogens (primary N) is 1. The molecule has 2 aromatic carbocycles. The highest BCUT2D eigenvalue weighted by Crippen LogP contribution is 2.33. The fourth-order valence-corrected chi connectivity index (χ4v) is 4.03. The molecule has 3 atom stereocenters.